The Hall–Kier alpha value is -3.64. The maximum absolute atomic E-state index is 12.8. The molecule has 0 saturated carbocycles. The smallest absolute Gasteiger partial charge is 0.283 e. The van der Waals surface area contributed by atoms with Gasteiger partial charge >= 0.3 is 0 Å². The number of ether oxygens (including phenoxy) is 3. The van der Waals surface area contributed by atoms with Crippen molar-refractivity contribution in [3.05, 3.63) is 59.7 Å². The van der Waals surface area contributed by atoms with Crippen molar-refractivity contribution >= 4 is 49.9 Å². The molecule has 2 aromatic carbocycles. The minimum Gasteiger partial charge on any atom is -0.497 e. The van der Waals surface area contributed by atoms with Crippen LogP contribution in [0.25, 0.3) is 6.08 Å². The first kappa shape index (κ1) is 26.4. The molecule has 2 aliphatic heterocycles. The van der Waals surface area contributed by atoms with Gasteiger partial charge in [0.25, 0.3) is 5.91 Å². The molecule has 1 amide bonds. The summed E-state index contributed by atoms with van der Waals surface area (Å²) in [6.45, 7) is 4.24. The number of carbonyl (C=O) groups excluding carboxylic acids is 1. The van der Waals surface area contributed by atoms with Crippen LogP contribution in [0.3, 0.4) is 0 Å². The van der Waals surface area contributed by atoms with E-state index in [0.29, 0.717) is 30.3 Å². The molecule has 2 heterocycles. The normalized spacial score (nSPS) is 16.5. The lowest BCUT2D eigenvalue weighted by molar-refractivity contribution is -0.114. The van der Waals surface area contributed by atoms with E-state index in [-0.39, 0.29) is 33.4 Å². The van der Waals surface area contributed by atoms with Crippen LogP contribution in [-0.2, 0) is 14.6 Å². The number of fused-ring (bicyclic) bond motifs is 1. The molecule has 37 heavy (non-hydrogen) atoms. The van der Waals surface area contributed by atoms with Crippen LogP contribution in [0, 0.1) is 11.3 Å². The van der Waals surface area contributed by atoms with Gasteiger partial charge in [-0.3, -0.25) is 10.2 Å². The van der Waals surface area contributed by atoms with Crippen LogP contribution in [0.2, 0.25) is 0 Å². The molecule has 12 heteroatoms. The Kier molecular flexibility index (Phi) is 7.98. The molecule has 0 radical (unpaired) electrons. The second-order valence-electron chi connectivity index (χ2n) is 8.52. The van der Waals surface area contributed by atoms with Crippen LogP contribution in [0.5, 0.6) is 17.2 Å². The first-order valence-electron chi connectivity index (χ1n) is 11.4. The average molecular weight is 543 g/mol. The third-order valence-electron chi connectivity index (χ3n) is 5.20. The summed E-state index contributed by atoms with van der Waals surface area (Å²) < 4.78 is 46.0. The molecule has 0 bridgehead atoms. The Labute approximate surface area is 219 Å². The van der Waals surface area contributed by atoms with E-state index in [1.165, 1.54) is 6.08 Å². The van der Waals surface area contributed by atoms with Crippen LogP contribution >= 0.6 is 11.9 Å². The summed E-state index contributed by atoms with van der Waals surface area (Å²) in [5.74, 6) is 0.918. The number of amides is 1. The van der Waals surface area contributed by atoms with Crippen LogP contribution in [0.1, 0.15) is 19.4 Å². The van der Waals surface area contributed by atoms with Gasteiger partial charge in [-0.05, 0) is 54.0 Å². The highest BCUT2D eigenvalue weighted by Crippen LogP contribution is 2.30. The summed E-state index contributed by atoms with van der Waals surface area (Å²) >= 11 is 0.779. The second-order valence-corrected chi connectivity index (χ2v) is 11.2. The minimum absolute atomic E-state index is 0.0275. The highest BCUT2D eigenvalue weighted by molar-refractivity contribution is 8.16. The largest absolute Gasteiger partial charge is 0.497 e. The lowest BCUT2D eigenvalue weighted by Gasteiger charge is -2.24. The van der Waals surface area contributed by atoms with Crippen LogP contribution in [0.15, 0.2) is 63.5 Å². The zero-order valence-corrected chi connectivity index (χ0v) is 22.1. The van der Waals surface area contributed by atoms with Crippen LogP contribution in [0.4, 0.5) is 0 Å². The fourth-order valence-electron chi connectivity index (χ4n) is 3.53. The molecule has 2 aromatic rings. The number of methoxy groups -OCH3 is 1. The van der Waals surface area contributed by atoms with E-state index >= 15 is 0 Å². The topological polar surface area (TPSA) is 131 Å². The Morgan fingerprint density at radius 1 is 1.00 bits per heavy atom. The SMILES string of the molecule is COc1ccc(OCCOc2ccc(C=C3C(=N)N4C(=NC3=O)SN=C4S(=O)(=O)CC(C)C)cc2)cc1. The van der Waals surface area contributed by atoms with Gasteiger partial charge in [-0.2, -0.15) is 9.39 Å². The fraction of sp³-hybridized carbons (Fsp3) is 0.280. The predicted octanol–water partition coefficient (Wildman–Crippen LogP) is 3.80. The predicted molar refractivity (Wildman–Crippen MR) is 144 cm³/mol. The van der Waals surface area contributed by atoms with Gasteiger partial charge in [-0.15, -0.1) is 0 Å². The van der Waals surface area contributed by atoms with E-state index < -0.39 is 15.7 Å². The lowest BCUT2D eigenvalue weighted by atomic mass is 10.1. The van der Waals surface area contributed by atoms with Gasteiger partial charge in [0.1, 0.15) is 36.3 Å². The zero-order chi connectivity index (χ0) is 26.6. The van der Waals surface area contributed by atoms with Gasteiger partial charge in [0, 0.05) is 0 Å². The van der Waals surface area contributed by atoms with Crippen molar-refractivity contribution in [2.45, 2.75) is 13.8 Å². The molecule has 0 atom stereocenters. The van der Waals surface area contributed by atoms with Crippen LogP contribution < -0.4 is 14.2 Å². The van der Waals surface area contributed by atoms with Gasteiger partial charge in [-0.25, -0.2) is 13.3 Å². The molecule has 194 valence electrons. The van der Waals surface area contributed by atoms with Crippen molar-refractivity contribution in [2.75, 3.05) is 26.1 Å². The Balaban J connectivity index is 1.39. The van der Waals surface area contributed by atoms with Gasteiger partial charge in [0.2, 0.25) is 20.2 Å². The average Bonchev–Trinajstić information content (AvgIpc) is 3.30. The summed E-state index contributed by atoms with van der Waals surface area (Å²) in [6.07, 6.45) is 1.50. The molecular formula is C25H26N4O6S2. The Morgan fingerprint density at radius 3 is 2.14 bits per heavy atom. The van der Waals surface area contributed by atoms with E-state index in [1.54, 1.807) is 45.2 Å². The monoisotopic (exact) mass is 542 g/mol. The zero-order valence-electron chi connectivity index (χ0n) is 20.5. The van der Waals surface area contributed by atoms with Gasteiger partial charge < -0.3 is 14.2 Å². The molecule has 0 fully saturated rings. The number of rotatable bonds is 9. The second kappa shape index (κ2) is 11.2. The van der Waals surface area contributed by atoms with Gasteiger partial charge in [0.15, 0.2) is 0 Å². The van der Waals surface area contributed by atoms with Crippen molar-refractivity contribution in [1.29, 1.82) is 5.41 Å². The number of benzene rings is 2. The first-order chi connectivity index (χ1) is 17.7. The number of carbonyl (C=O) groups is 1. The van der Waals surface area contributed by atoms with E-state index in [4.69, 9.17) is 19.6 Å². The molecule has 0 aliphatic carbocycles. The summed E-state index contributed by atoms with van der Waals surface area (Å²) in [4.78, 5) is 17.7. The Morgan fingerprint density at radius 2 is 1.57 bits per heavy atom. The Bertz CT molecular complexity index is 1380. The standard InChI is InChI=1S/C25H26N4O6S2/c1-16(2)15-37(31,32)25-28-36-24-27-23(30)21(22(26)29(24)25)14-17-4-6-19(7-5-17)34-12-13-35-20-10-8-18(33-3)9-11-20/h4-11,14,16,26H,12-13,15H2,1-3H3. The summed E-state index contributed by atoms with van der Waals surface area (Å²) in [5.41, 5.74) is 0.601. The molecule has 0 unspecified atom stereocenters. The number of nitrogens with zero attached hydrogens (tertiary/aromatic N) is 3. The van der Waals surface area contributed by atoms with Crippen molar-refractivity contribution in [3.8, 4) is 17.2 Å². The number of hydrogen-bond donors (Lipinski definition) is 1. The van der Waals surface area contributed by atoms with E-state index in [0.717, 1.165) is 22.6 Å². The third-order valence-corrected chi connectivity index (χ3v) is 7.95. The van der Waals surface area contributed by atoms with E-state index in [1.807, 2.05) is 24.3 Å². The molecule has 2 aliphatic rings. The summed E-state index contributed by atoms with van der Waals surface area (Å²) in [7, 11) is -2.15. The first-order valence-corrected chi connectivity index (χ1v) is 13.8. The minimum atomic E-state index is -3.75. The molecule has 10 nitrogen and oxygen atoms in total. The lowest BCUT2D eigenvalue weighted by Crippen LogP contribution is -2.46. The van der Waals surface area contributed by atoms with Crippen molar-refractivity contribution in [2.24, 2.45) is 15.3 Å². The quantitative estimate of drug-likeness (QED) is 0.288. The number of amidine groups is 3. The van der Waals surface area contributed by atoms with E-state index in [2.05, 4.69) is 9.39 Å². The van der Waals surface area contributed by atoms with Crippen molar-refractivity contribution in [3.63, 3.8) is 0 Å². The molecule has 0 saturated heterocycles. The van der Waals surface area contributed by atoms with Crippen molar-refractivity contribution in [1.82, 2.24) is 4.90 Å². The highest BCUT2D eigenvalue weighted by atomic mass is 32.2. The fourth-order valence-corrected chi connectivity index (χ4v) is 6.26. The molecule has 0 spiro atoms. The maximum atomic E-state index is 12.8. The molecular weight excluding hydrogens is 516 g/mol. The molecule has 1 N–H and O–H groups in total. The maximum Gasteiger partial charge on any atom is 0.283 e. The summed E-state index contributed by atoms with van der Waals surface area (Å²) in [5, 5.41) is 8.34. The van der Waals surface area contributed by atoms with Gasteiger partial charge in [-0.1, -0.05) is 26.0 Å². The highest BCUT2D eigenvalue weighted by Gasteiger charge is 2.42. The van der Waals surface area contributed by atoms with Crippen molar-refractivity contribution < 1.29 is 27.4 Å². The third kappa shape index (κ3) is 6.20. The summed E-state index contributed by atoms with van der Waals surface area (Å²) in [6, 6.07) is 14.2. The van der Waals surface area contributed by atoms with Gasteiger partial charge in [0.05, 0.1) is 30.4 Å². The number of nitrogens with one attached hydrogen (secondary N) is 1. The number of sulfone groups is 1. The molecule has 0 aromatic heterocycles. The molecule has 4 rings (SSSR count). The number of hydrogen-bond acceptors (Lipinski definition) is 9. The van der Waals surface area contributed by atoms with E-state index in [9.17, 15) is 13.2 Å². The number of aliphatic imine (C=N–C) groups is 1. The van der Waals surface area contributed by atoms with Crippen LogP contribution in [-0.4, -0.2) is 61.5 Å².